The zero-order chi connectivity index (χ0) is 19.7. The molecule has 4 rings (SSSR count). The molecule has 0 fully saturated rings. The molecule has 0 aliphatic carbocycles. The molecule has 0 unspecified atom stereocenters. The fraction of sp³-hybridized carbons (Fsp3) is 0.0500. The average molecular weight is 412 g/mol. The summed E-state index contributed by atoms with van der Waals surface area (Å²) in [5, 5.41) is 6.35. The molecule has 2 aromatic carbocycles. The summed E-state index contributed by atoms with van der Waals surface area (Å²) in [4.78, 5) is 16.5. The highest BCUT2D eigenvalue weighted by molar-refractivity contribution is 7.80. The maximum absolute atomic E-state index is 12.0. The number of rotatable bonds is 3. The highest BCUT2D eigenvalue weighted by Crippen LogP contribution is 2.29. The maximum atomic E-state index is 12.0. The summed E-state index contributed by atoms with van der Waals surface area (Å²) in [6.45, 7) is 1.93. The van der Waals surface area contributed by atoms with Crippen LogP contribution in [0.4, 0.5) is 5.69 Å². The standard InChI is InChI=1S/C20H14ClN3O3S/c1-11-4-5-12(19-22-15-10-13(21)6-7-16(15)27-19)9-14(11)23-20(28)24-18(25)17-3-2-8-26-17/h2-10H,1H3,(H2,23,24,25,28). The van der Waals surface area contributed by atoms with E-state index in [0.29, 0.717) is 22.0 Å². The first-order chi connectivity index (χ1) is 13.5. The molecule has 0 saturated carbocycles. The molecule has 140 valence electrons. The molecule has 1 amide bonds. The molecule has 6 nitrogen and oxygen atoms in total. The van der Waals surface area contributed by atoms with Crippen molar-refractivity contribution in [3.05, 3.63) is 71.1 Å². The number of oxazole rings is 1. The van der Waals surface area contributed by atoms with Crippen LogP contribution in [-0.4, -0.2) is 16.0 Å². The zero-order valence-corrected chi connectivity index (χ0v) is 16.2. The number of carbonyl (C=O) groups is 1. The van der Waals surface area contributed by atoms with E-state index in [4.69, 9.17) is 32.7 Å². The van der Waals surface area contributed by atoms with Gasteiger partial charge in [0, 0.05) is 16.3 Å². The number of thiocarbonyl (C=S) groups is 1. The van der Waals surface area contributed by atoms with E-state index in [9.17, 15) is 4.79 Å². The molecule has 2 N–H and O–H groups in total. The molecule has 0 spiro atoms. The molecular weight excluding hydrogens is 398 g/mol. The van der Waals surface area contributed by atoms with Crippen LogP contribution in [0.25, 0.3) is 22.6 Å². The first kappa shape index (κ1) is 18.2. The van der Waals surface area contributed by atoms with Crippen molar-refractivity contribution in [1.82, 2.24) is 10.3 Å². The number of nitrogens with one attached hydrogen (secondary N) is 2. The predicted octanol–water partition coefficient (Wildman–Crippen LogP) is 5.18. The quantitative estimate of drug-likeness (QED) is 0.452. The number of carbonyl (C=O) groups excluding carboxylic acids is 1. The Morgan fingerprint density at radius 1 is 1.18 bits per heavy atom. The Balaban J connectivity index is 1.56. The Bertz CT molecular complexity index is 1180. The summed E-state index contributed by atoms with van der Waals surface area (Å²) in [7, 11) is 0. The van der Waals surface area contributed by atoms with Gasteiger partial charge in [-0.1, -0.05) is 17.7 Å². The summed E-state index contributed by atoms with van der Waals surface area (Å²) >= 11 is 11.2. The second kappa shape index (κ2) is 7.46. The summed E-state index contributed by atoms with van der Waals surface area (Å²) in [5.41, 5.74) is 3.76. The highest BCUT2D eigenvalue weighted by Gasteiger charge is 2.13. The van der Waals surface area contributed by atoms with Gasteiger partial charge in [0.25, 0.3) is 5.91 Å². The minimum atomic E-state index is -0.424. The monoisotopic (exact) mass is 411 g/mol. The second-order valence-electron chi connectivity index (χ2n) is 6.05. The van der Waals surface area contributed by atoms with Crippen LogP contribution in [0.5, 0.6) is 0 Å². The third-order valence-electron chi connectivity index (χ3n) is 4.05. The van der Waals surface area contributed by atoms with Crippen LogP contribution >= 0.6 is 23.8 Å². The van der Waals surface area contributed by atoms with Crippen molar-refractivity contribution in [2.75, 3.05) is 5.32 Å². The van der Waals surface area contributed by atoms with Gasteiger partial charge in [0.1, 0.15) is 5.52 Å². The number of nitrogens with zero attached hydrogens (tertiary/aromatic N) is 1. The van der Waals surface area contributed by atoms with Crippen LogP contribution in [0.1, 0.15) is 16.1 Å². The first-order valence-corrected chi connectivity index (χ1v) is 9.11. The molecule has 4 aromatic rings. The van der Waals surface area contributed by atoms with Gasteiger partial charge in [0.05, 0.1) is 6.26 Å². The SMILES string of the molecule is Cc1ccc(-c2nc3cc(Cl)ccc3o2)cc1NC(=S)NC(=O)c1ccco1. The van der Waals surface area contributed by atoms with E-state index in [1.165, 1.54) is 6.26 Å². The third kappa shape index (κ3) is 3.76. The molecule has 0 radical (unpaired) electrons. The number of aromatic nitrogens is 1. The van der Waals surface area contributed by atoms with Gasteiger partial charge >= 0.3 is 0 Å². The van der Waals surface area contributed by atoms with Crippen molar-refractivity contribution in [2.45, 2.75) is 6.92 Å². The van der Waals surface area contributed by atoms with E-state index in [1.54, 1.807) is 30.3 Å². The van der Waals surface area contributed by atoms with Crippen molar-refractivity contribution in [3.8, 4) is 11.5 Å². The minimum absolute atomic E-state index is 0.158. The Morgan fingerprint density at radius 2 is 2.04 bits per heavy atom. The maximum Gasteiger partial charge on any atom is 0.293 e. The van der Waals surface area contributed by atoms with Crippen LogP contribution in [-0.2, 0) is 0 Å². The lowest BCUT2D eigenvalue weighted by Crippen LogP contribution is -2.34. The molecule has 2 aromatic heterocycles. The van der Waals surface area contributed by atoms with Crippen molar-refractivity contribution in [1.29, 1.82) is 0 Å². The van der Waals surface area contributed by atoms with Crippen molar-refractivity contribution in [3.63, 3.8) is 0 Å². The van der Waals surface area contributed by atoms with Crippen LogP contribution in [0.3, 0.4) is 0 Å². The number of fused-ring (bicyclic) bond motifs is 1. The van der Waals surface area contributed by atoms with Gasteiger partial charge in [-0.05, 0) is 67.2 Å². The average Bonchev–Trinajstić information content (AvgIpc) is 3.32. The number of anilines is 1. The molecule has 28 heavy (non-hydrogen) atoms. The predicted molar refractivity (Wildman–Crippen MR) is 112 cm³/mol. The van der Waals surface area contributed by atoms with Gasteiger partial charge in [-0.3, -0.25) is 10.1 Å². The Labute approximate surface area is 170 Å². The number of aryl methyl sites for hydroxylation is 1. The number of furan rings is 1. The van der Waals surface area contributed by atoms with Crippen molar-refractivity contribution < 1.29 is 13.6 Å². The minimum Gasteiger partial charge on any atom is -0.459 e. The number of hydrogen-bond acceptors (Lipinski definition) is 5. The molecule has 0 aliphatic heterocycles. The summed E-state index contributed by atoms with van der Waals surface area (Å²) < 4.78 is 10.9. The number of hydrogen-bond donors (Lipinski definition) is 2. The summed E-state index contributed by atoms with van der Waals surface area (Å²) in [6.07, 6.45) is 1.42. The first-order valence-electron chi connectivity index (χ1n) is 8.32. The van der Waals surface area contributed by atoms with Gasteiger partial charge in [-0.25, -0.2) is 4.98 Å². The summed E-state index contributed by atoms with van der Waals surface area (Å²) in [6, 6.07) is 14.1. The van der Waals surface area contributed by atoms with Gasteiger partial charge in [-0.2, -0.15) is 0 Å². The zero-order valence-electron chi connectivity index (χ0n) is 14.7. The largest absolute Gasteiger partial charge is 0.459 e. The fourth-order valence-electron chi connectivity index (χ4n) is 2.64. The van der Waals surface area contributed by atoms with Gasteiger partial charge in [0.2, 0.25) is 5.89 Å². The smallest absolute Gasteiger partial charge is 0.293 e. The lowest BCUT2D eigenvalue weighted by Gasteiger charge is -2.12. The van der Waals surface area contributed by atoms with Crippen molar-refractivity contribution in [2.24, 2.45) is 0 Å². The topological polar surface area (TPSA) is 80.3 Å². The van der Waals surface area contributed by atoms with Crippen LogP contribution in [0.2, 0.25) is 5.02 Å². The van der Waals surface area contributed by atoms with Crippen LogP contribution < -0.4 is 10.6 Å². The lowest BCUT2D eigenvalue weighted by molar-refractivity contribution is 0.0950. The molecular formula is C20H14ClN3O3S. The lowest BCUT2D eigenvalue weighted by atomic mass is 10.1. The van der Waals surface area contributed by atoms with E-state index in [2.05, 4.69) is 15.6 Å². The highest BCUT2D eigenvalue weighted by atomic mass is 35.5. The van der Waals surface area contributed by atoms with E-state index in [1.807, 2.05) is 25.1 Å². The van der Waals surface area contributed by atoms with Gasteiger partial charge in [-0.15, -0.1) is 0 Å². The molecule has 0 bridgehead atoms. The normalized spacial score (nSPS) is 10.8. The van der Waals surface area contributed by atoms with E-state index >= 15 is 0 Å². The molecule has 8 heteroatoms. The number of amides is 1. The van der Waals surface area contributed by atoms with E-state index in [0.717, 1.165) is 16.8 Å². The summed E-state index contributed by atoms with van der Waals surface area (Å²) in [5.74, 6) is 0.220. The third-order valence-corrected chi connectivity index (χ3v) is 4.49. The number of benzene rings is 2. The van der Waals surface area contributed by atoms with Crippen molar-refractivity contribution >= 4 is 51.6 Å². The van der Waals surface area contributed by atoms with E-state index < -0.39 is 5.91 Å². The molecule has 2 heterocycles. The Morgan fingerprint density at radius 3 is 2.82 bits per heavy atom. The Hall–Kier alpha value is -3.16. The number of halogens is 1. The Kier molecular flexibility index (Phi) is 4.85. The van der Waals surface area contributed by atoms with E-state index in [-0.39, 0.29) is 10.9 Å². The molecule has 0 aliphatic rings. The van der Waals surface area contributed by atoms with Gasteiger partial charge < -0.3 is 14.2 Å². The van der Waals surface area contributed by atoms with Crippen LogP contribution in [0.15, 0.2) is 63.6 Å². The second-order valence-corrected chi connectivity index (χ2v) is 6.89. The fourth-order valence-corrected chi connectivity index (χ4v) is 3.01. The van der Waals surface area contributed by atoms with Gasteiger partial charge in [0.15, 0.2) is 16.5 Å². The van der Waals surface area contributed by atoms with Crippen LogP contribution in [0, 0.1) is 6.92 Å². The molecule has 0 atom stereocenters. The molecule has 0 saturated heterocycles.